The molecule has 10 nitrogen and oxygen atoms in total. The van der Waals surface area contributed by atoms with E-state index in [4.69, 9.17) is 16.3 Å². The summed E-state index contributed by atoms with van der Waals surface area (Å²) in [6, 6.07) is 1.55. The van der Waals surface area contributed by atoms with E-state index in [9.17, 15) is 32.5 Å². The van der Waals surface area contributed by atoms with Crippen molar-refractivity contribution in [2.24, 2.45) is 0 Å². The summed E-state index contributed by atoms with van der Waals surface area (Å²) in [4.78, 5) is 29.7. The van der Waals surface area contributed by atoms with E-state index in [1.807, 2.05) is 0 Å². The van der Waals surface area contributed by atoms with Crippen molar-refractivity contribution in [2.45, 2.75) is 25.0 Å². The number of aromatic nitrogens is 3. The molecule has 0 radical (unpaired) electrons. The van der Waals surface area contributed by atoms with E-state index in [1.54, 1.807) is 5.32 Å². The maximum absolute atomic E-state index is 13.8. The number of hydrogen-bond donors (Lipinski definition) is 2. The largest absolute Gasteiger partial charge is 0.445 e. The fraction of sp³-hybridized carbons (Fsp3) is 0.312. The number of nitrogens with zero attached hydrogens (tertiary/aromatic N) is 4. The van der Waals surface area contributed by atoms with Crippen molar-refractivity contribution in [1.29, 1.82) is 0 Å². The van der Waals surface area contributed by atoms with Crippen molar-refractivity contribution in [3.05, 3.63) is 45.9 Å². The van der Waals surface area contributed by atoms with Gasteiger partial charge in [0.05, 0.1) is 4.70 Å². The van der Waals surface area contributed by atoms with Gasteiger partial charge in [-0.15, -0.1) is 0 Å². The van der Waals surface area contributed by atoms with Crippen LogP contribution in [0.25, 0.3) is 10.2 Å². The number of nitrogens with one attached hydrogen (secondary N) is 2. The van der Waals surface area contributed by atoms with Crippen molar-refractivity contribution in [2.75, 3.05) is 11.9 Å². The molecule has 2 aromatic heterocycles. The number of nitro groups is 1. The summed E-state index contributed by atoms with van der Waals surface area (Å²) in [6.07, 6.45) is -2.52. The Morgan fingerprint density at radius 2 is 2.16 bits per heavy atom. The Morgan fingerprint density at radius 1 is 1.44 bits per heavy atom. The van der Waals surface area contributed by atoms with Crippen LogP contribution < -0.4 is 10.6 Å². The number of ether oxygens (including phenoxy) is 1. The predicted molar refractivity (Wildman–Crippen MR) is 106 cm³/mol. The number of thiazole rings is 1. The lowest BCUT2D eigenvalue weighted by molar-refractivity contribution is -0.392. The van der Waals surface area contributed by atoms with Gasteiger partial charge in [-0.05, 0) is 22.6 Å². The minimum absolute atomic E-state index is 0.0431. The van der Waals surface area contributed by atoms with E-state index in [2.05, 4.69) is 15.3 Å². The highest BCUT2D eigenvalue weighted by Gasteiger charge is 2.39. The van der Waals surface area contributed by atoms with Crippen LogP contribution in [-0.2, 0) is 11.3 Å². The molecule has 0 spiro atoms. The molecular weight excluding hydrogens is 484 g/mol. The molecule has 1 unspecified atom stereocenters. The lowest BCUT2D eigenvalue weighted by Crippen LogP contribution is -2.50. The standard InChI is InChI=1S/C16H13ClF4N6O4S/c1-7-22-6-11(27(29)30)26(7)2-3-31-15(28)25-13(16(17,20)21)24-14-23-12-9(19)4-8(18)5-10(12)32-14/h4-6,13H,2-3H2,1H3,(H,23,24)(H,25,28). The zero-order valence-corrected chi connectivity index (χ0v) is 17.5. The first-order valence-electron chi connectivity index (χ1n) is 8.64. The first kappa shape index (κ1) is 23.5. The van der Waals surface area contributed by atoms with Crippen molar-refractivity contribution in [3.8, 4) is 0 Å². The van der Waals surface area contributed by atoms with Crippen LogP contribution in [0.2, 0.25) is 0 Å². The summed E-state index contributed by atoms with van der Waals surface area (Å²) in [5, 5.41) is 10.6. The van der Waals surface area contributed by atoms with Crippen LogP contribution in [0.1, 0.15) is 5.82 Å². The molecule has 3 aromatic rings. The summed E-state index contributed by atoms with van der Waals surface area (Å²) in [7, 11) is 0. The first-order chi connectivity index (χ1) is 15.0. The van der Waals surface area contributed by atoms with Crippen LogP contribution in [-0.4, -0.2) is 43.7 Å². The first-order valence-corrected chi connectivity index (χ1v) is 9.84. The number of amides is 1. The Labute approximate surface area is 185 Å². The number of imidazole rings is 1. The molecule has 0 bridgehead atoms. The molecule has 32 heavy (non-hydrogen) atoms. The maximum Gasteiger partial charge on any atom is 0.409 e. The van der Waals surface area contributed by atoms with Gasteiger partial charge in [0.15, 0.2) is 22.9 Å². The molecule has 0 aliphatic rings. The molecule has 0 aliphatic heterocycles. The Morgan fingerprint density at radius 3 is 2.81 bits per heavy atom. The monoisotopic (exact) mass is 496 g/mol. The molecule has 2 N–H and O–H groups in total. The van der Waals surface area contributed by atoms with Gasteiger partial charge in [0, 0.05) is 13.0 Å². The molecule has 0 saturated carbocycles. The smallest absolute Gasteiger partial charge is 0.409 e. The highest BCUT2D eigenvalue weighted by molar-refractivity contribution is 7.22. The summed E-state index contributed by atoms with van der Waals surface area (Å²) >= 11 is 5.69. The lowest BCUT2D eigenvalue weighted by Gasteiger charge is -2.23. The topological polar surface area (TPSA) is 124 Å². The number of aryl methyl sites for hydroxylation is 1. The van der Waals surface area contributed by atoms with Crippen LogP contribution >= 0.6 is 22.9 Å². The number of anilines is 1. The van der Waals surface area contributed by atoms with E-state index in [0.717, 1.165) is 16.8 Å². The minimum Gasteiger partial charge on any atom is -0.445 e. The van der Waals surface area contributed by atoms with E-state index in [0.29, 0.717) is 17.4 Å². The number of carbonyl (C=O) groups excluding carboxylic acids is 1. The third kappa shape index (κ3) is 5.34. The average molecular weight is 497 g/mol. The second kappa shape index (κ2) is 9.12. The molecule has 2 heterocycles. The molecule has 0 aliphatic carbocycles. The van der Waals surface area contributed by atoms with Crippen LogP contribution in [0, 0.1) is 28.7 Å². The summed E-state index contributed by atoms with van der Waals surface area (Å²) < 4.78 is 60.6. The van der Waals surface area contributed by atoms with Crippen molar-refractivity contribution in [3.63, 3.8) is 0 Å². The molecule has 1 amide bonds. The molecule has 16 heteroatoms. The third-order valence-corrected chi connectivity index (χ3v) is 5.19. The zero-order valence-electron chi connectivity index (χ0n) is 15.9. The van der Waals surface area contributed by atoms with Crippen LogP contribution in [0.4, 0.5) is 33.3 Å². The number of carbonyl (C=O) groups is 1. The van der Waals surface area contributed by atoms with Gasteiger partial charge >= 0.3 is 17.3 Å². The van der Waals surface area contributed by atoms with Gasteiger partial charge < -0.3 is 20.2 Å². The normalized spacial score (nSPS) is 12.6. The molecule has 1 aromatic carbocycles. The second-order valence-electron chi connectivity index (χ2n) is 6.22. The van der Waals surface area contributed by atoms with Crippen molar-refractivity contribution >= 4 is 50.2 Å². The zero-order chi connectivity index (χ0) is 23.6. The quantitative estimate of drug-likeness (QED) is 0.159. The Balaban J connectivity index is 1.65. The van der Waals surface area contributed by atoms with Crippen molar-refractivity contribution < 1.29 is 32.0 Å². The fourth-order valence-electron chi connectivity index (χ4n) is 2.61. The lowest BCUT2D eigenvalue weighted by atomic mass is 10.3. The molecular formula is C16H13ClF4N6O4S. The van der Waals surface area contributed by atoms with Gasteiger partial charge in [-0.1, -0.05) is 11.3 Å². The van der Waals surface area contributed by atoms with Gasteiger partial charge in [0.2, 0.25) is 0 Å². The molecule has 0 fully saturated rings. The highest BCUT2D eigenvalue weighted by atomic mass is 35.5. The fourth-order valence-corrected chi connectivity index (χ4v) is 3.65. The minimum atomic E-state index is -4.03. The van der Waals surface area contributed by atoms with Crippen LogP contribution in [0.5, 0.6) is 0 Å². The number of hydrogen-bond acceptors (Lipinski definition) is 8. The van der Waals surface area contributed by atoms with Gasteiger partial charge in [-0.25, -0.2) is 28.1 Å². The van der Waals surface area contributed by atoms with E-state index < -0.39 is 40.8 Å². The number of rotatable bonds is 8. The Bertz CT molecular complexity index is 1170. The summed E-state index contributed by atoms with van der Waals surface area (Å²) in [5.41, 5.74) is -0.254. The number of alkyl halides is 3. The number of halogens is 5. The second-order valence-corrected chi connectivity index (χ2v) is 7.76. The average Bonchev–Trinajstić information content (AvgIpc) is 3.24. The third-order valence-electron chi connectivity index (χ3n) is 4.04. The Hall–Kier alpha value is -3.20. The maximum atomic E-state index is 13.8. The Kier molecular flexibility index (Phi) is 6.68. The highest BCUT2D eigenvalue weighted by Crippen LogP contribution is 2.31. The number of benzene rings is 1. The van der Waals surface area contributed by atoms with Gasteiger partial charge in [0.25, 0.3) is 0 Å². The molecule has 1 atom stereocenters. The van der Waals surface area contributed by atoms with E-state index in [-0.39, 0.29) is 33.5 Å². The summed E-state index contributed by atoms with van der Waals surface area (Å²) in [5.74, 6) is -1.92. The summed E-state index contributed by atoms with van der Waals surface area (Å²) in [6.45, 7) is 0.928. The SMILES string of the molecule is Cc1ncc([N+](=O)[O-])n1CCOC(=O)NC(Nc1nc2c(F)cc(F)cc2s1)C(F)(F)Cl. The van der Waals surface area contributed by atoms with Crippen molar-refractivity contribution in [1.82, 2.24) is 19.9 Å². The van der Waals surface area contributed by atoms with Gasteiger partial charge in [-0.3, -0.25) is 5.32 Å². The predicted octanol–water partition coefficient (Wildman–Crippen LogP) is 3.98. The molecule has 0 saturated heterocycles. The van der Waals surface area contributed by atoms with Crippen LogP contribution in [0.15, 0.2) is 18.3 Å². The van der Waals surface area contributed by atoms with Gasteiger partial charge in [0.1, 0.15) is 30.7 Å². The number of fused-ring (bicyclic) bond motifs is 1. The van der Waals surface area contributed by atoms with E-state index in [1.165, 1.54) is 6.92 Å². The van der Waals surface area contributed by atoms with E-state index >= 15 is 0 Å². The van der Waals surface area contributed by atoms with Gasteiger partial charge in [-0.2, -0.15) is 8.78 Å². The molecule has 3 rings (SSSR count). The molecule has 172 valence electrons. The number of alkyl carbamates (subject to hydrolysis) is 1. The van der Waals surface area contributed by atoms with Crippen LogP contribution in [0.3, 0.4) is 0 Å².